The Labute approximate surface area is 163 Å². The number of hydrogen-bond acceptors (Lipinski definition) is 5. The van der Waals surface area contributed by atoms with Gasteiger partial charge in [-0.05, 0) is 62.1 Å². The van der Waals surface area contributed by atoms with Crippen LogP contribution in [0, 0.1) is 0 Å². The Kier molecular flexibility index (Phi) is 4.95. The summed E-state index contributed by atoms with van der Waals surface area (Å²) in [6, 6.07) is 11.0. The lowest BCUT2D eigenvalue weighted by Crippen LogP contribution is -2.51. The molecule has 1 aromatic carbocycles. The number of piperidine rings is 1. The lowest BCUT2D eigenvalue weighted by molar-refractivity contribution is -0.121. The molecule has 2 aliphatic rings. The summed E-state index contributed by atoms with van der Waals surface area (Å²) in [6.45, 7) is 1.76. The van der Waals surface area contributed by atoms with E-state index in [0.717, 1.165) is 12.8 Å². The fraction of sp³-hybridized carbons (Fsp3) is 0.429. The van der Waals surface area contributed by atoms with Gasteiger partial charge in [-0.3, -0.25) is 14.5 Å². The van der Waals surface area contributed by atoms with Gasteiger partial charge in [-0.15, -0.1) is 0 Å². The first-order valence-corrected chi connectivity index (χ1v) is 9.62. The molecule has 7 nitrogen and oxygen atoms in total. The Morgan fingerprint density at radius 3 is 2.25 bits per heavy atom. The highest BCUT2D eigenvalue weighted by molar-refractivity contribution is 5.93. The molecular formula is C21H25N3O4. The number of hydrogen-bond donors (Lipinski definition) is 3. The van der Waals surface area contributed by atoms with Gasteiger partial charge in [0.2, 0.25) is 11.8 Å². The second kappa shape index (κ2) is 7.41. The van der Waals surface area contributed by atoms with Crippen LogP contribution in [-0.2, 0) is 15.2 Å². The van der Waals surface area contributed by atoms with Crippen LogP contribution in [0.15, 0.2) is 47.1 Å². The zero-order valence-corrected chi connectivity index (χ0v) is 15.9. The number of carbonyl (C=O) groups is 2. The number of carbonyl (C=O) groups excluding carboxylic acids is 2. The number of aliphatic hydroxyl groups is 1. The van der Waals surface area contributed by atoms with Gasteiger partial charge in [0.1, 0.15) is 11.4 Å². The van der Waals surface area contributed by atoms with Crippen LogP contribution in [0.2, 0.25) is 0 Å². The van der Waals surface area contributed by atoms with E-state index in [2.05, 4.69) is 15.5 Å². The van der Waals surface area contributed by atoms with Gasteiger partial charge in [-0.2, -0.15) is 0 Å². The number of furan rings is 1. The van der Waals surface area contributed by atoms with Crippen LogP contribution in [0.1, 0.15) is 38.4 Å². The highest BCUT2D eigenvalue weighted by Crippen LogP contribution is 2.45. The highest BCUT2D eigenvalue weighted by Gasteiger charge is 2.49. The van der Waals surface area contributed by atoms with Crippen molar-refractivity contribution in [2.45, 2.75) is 50.3 Å². The highest BCUT2D eigenvalue weighted by atomic mass is 16.4. The summed E-state index contributed by atoms with van der Waals surface area (Å²) in [4.78, 5) is 25.8. The fourth-order valence-electron chi connectivity index (χ4n) is 4.53. The molecule has 3 N–H and O–H groups in total. The molecule has 4 rings (SSSR count). The monoisotopic (exact) mass is 383 g/mol. The first kappa shape index (κ1) is 18.7. The Balaban J connectivity index is 1.36. The van der Waals surface area contributed by atoms with E-state index in [0.29, 0.717) is 36.5 Å². The smallest absolute Gasteiger partial charge is 0.238 e. The van der Waals surface area contributed by atoms with E-state index in [1.807, 2.05) is 6.07 Å². The van der Waals surface area contributed by atoms with Gasteiger partial charge in [-0.1, -0.05) is 0 Å². The quantitative estimate of drug-likeness (QED) is 0.738. The van der Waals surface area contributed by atoms with Crippen molar-refractivity contribution < 1.29 is 19.1 Å². The molecule has 0 aliphatic carbocycles. The van der Waals surface area contributed by atoms with Crippen LogP contribution < -0.4 is 10.6 Å². The largest absolute Gasteiger partial charge is 0.466 e. The molecule has 7 heteroatoms. The molecule has 2 amide bonds. The molecule has 0 radical (unpaired) electrons. The molecule has 28 heavy (non-hydrogen) atoms. The molecule has 2 atom stereocenters. The zero-order chi connectivity index (χ0) is 19.7. The summed E-state index contributed by atoms with van der Waals surface area (Å²) in [7, 11) is 0. The molecule has 0 unspecified atom stereocenters. The van der Waals surface area contributed by atoms with Crippen LogP contribution in [0.3, 0.4) is 0 Å². The first-order valence-electron chi connectivity index (χ1n) is 9.62. The molecule has 0 spiro atoms. The van der Waals surface area contributed by atoms with Gasteiger partial charge in [-0.25, -0.2) is 0 Å². The molecule has 2 aliphatic heterocycles. The molecule has 148 valence electrons. The van der Waals surface area contributed by atoms with Gasteiger partial charge >= 0.3 is 0 Å². The van der Waals surface area contributed by atoms with Gasteiger partial charge in [0.15, 0.2) is 0 Å². The van der Waals surface area contributed by atoms with E-state index < -0.39 is 5.60 Å². The normalized spacial score (nSPS) is 26.8. The number of nitrogens with one attached hydrogen (secondary N) is 2. The fourth-order valence-corrected chi connectivity index (χ4v) is 4.53. The van der Waals surface area contributed by atoms with E-state index in [9.17, 15) is 14.7 Å². The van der Waals surface area contributed by atoms with Crippen molar-refractivity contribution in [1.82, 2.24) is 4.90 Å². The Morgan fingerprint density at radius 2 is 1.71 bits per heavy atom. The third-order valence-corrected chi connectivity index (χ3v) is 5.71. The SMILES string of the molecule is CC(=O)Nc1ccc(NC(=O)CN2[C@@H]3CC[C@@H]2CC(O)(c2ccco2)C3)cc1. The van der Waals surface area contributed by atoms with Crippen molar-refractivity contribution in [3.05, 3.63) is 48.4 Å². The van der Waals surface area contributed by atoms with Crippen molar-refractivity contribution in [3.8, 4) is 0 Å². The Hall–Kier alpha value is -2.64. The molecule has 3 heterocycles. The molecule has 1 aromatic heterocycles. The van der Waals surface area contributed by atoms with Crippen LogP contribution in [0.4, 0.5) is 11.4 Å². The third-order valence-electron chi connectivity index (χ3n) is 5.71. The minimum Gasteiger partial charge on any atom is -0.466 e. The van der Waals surface area contributed by atoms with Crippen molar-refractivity contribution in [1.29, 1.82) is 0 Å². The van der Waals surface area contributed by atoms with Crippen LogP contribution in [0.25, 0.3) is 0 Å². The molecule has 2 fully saturated rings. The zero-order valence-electron chi connectivity index (χ0n) is 15.9. The Bertz CT molecular complexity index is 833. The summed E-state index contributed by atoms with van der Waals surface area (Å²) >= 11 is 0. The predicted molar refractivity (Wildman–Crippen MR) is 105 cm³/mol. The summed E-state index contributed by atoms with van der Waals surface area (Å²) in [6.07, 6.45) is 4.70. The lowest BCUT2D eigenvalue weighted by Gasteiger charge is -2.42. The van der Waals surface area contributed by atoms with Crippen LogP contribution >= 0.6 is 0 Å². The van der Waals surface area contributed by atoms with Crippen LogP contribution in [-0.4, -0.2) is 40.4 Å². The average molecular weight is 383 g/mol. The molecule has 0 saturated carbocycles. The van der Waals surface area contributed by atoms with Crippen molar-refractivity contribution >= 4 is 23.2 Å². The minimum absolute atomic E-state index is 0.0763. The standard InChI is InChI=1S/C21H25N3O4/c1-14(25)22-15-4-6-16(7-5-15)23-20(26)13-24-17-8-9-18(24)12-21(27,11-17)19-3-2-10-28-19/h2-7,10,17-18,27H,8-9,11-13H2,1H3,(H,22,25)(H,23,26)/t17-,18-/m1/s1. The van der Waals surface area contributed by atoms with Gasteiger partial charge in [0.05, 0.1) is 12.8 Å². The van der Waals surface area contributed by atoms with Crippen LogP contribution in [0.5, 0.6) is 0 Å². The lowest BCUT2D eigenvalue weighted by atomic mass is 9.84. The summed E-state index contributed by atoms with van der Waals surface area (Å²) in [5, 5.41) is 16.6. The summed E-state index contributed by atoms with van der Waals surface area (Å²) in [5.41, 5.74) is 0.439. The predicted octanol–water partition coefficient (Wildman–Crippen LogP) is 2.69. The maximum absolute atomic E-state index is 12.5. The summed E-state index contributed by atoms with van der Waals surface area (Å²) < 4.78 is 5.46. The number of nitrogens with zero attached hydrogens (tertiary/aromatic N) is 1. The number of fused-ring (bicyclic) bond motifs is 2. The van der Waals surface area contributed by atoms with Gasteiger partial charge < -0.3 is 20.2 Å². The number of rotatable bonds is 5. The first-order chi connectivity index (χ1) is 13.4. The van der Waals surface area contributed by atoms with Crippen molar-refractivity contribution in [3.63, 3.8) is 0 Å². The molecule has 2 aromatic rings. The summed E-state index contributed by atoms with van der Waals surface area (Å²) in [5.74, 6) is 0.409. The van der Waals surface area contributed by atoms with Gasteiger partial charge in [0.25, 0.3) is 0 Å². The topological polar surface area (TPSA) is 94.8 Å². The number of amides is 2. The second-order valence-corrected chi connectivity index (χ2v) is 7.78. The van der Waals surface area contributed by atoms with E-state index in [4.69, 9.17) is 4.42 Å². The van der Waals surface area contributed by atoms with E-state index >= 15 is 0 Å². The maximum Gasteiger partial charge on any atom is 0.238 e. The molecular weight excluding hydrogens is 358 g/mol. The third kappa shape index (κ3) is 3.81. The number of anilines is 2. The Morgan fingerprint density at radius 1 is 1.11 bits per heavy atom. The minimum atomic E-state index is -0.943. The van der Waals surface area contributed by atoms with E-state index in [1.54, 1.807) is 36.6 Å². The molecule has 2 bridgehead atoms. The van der Waals surface area contributed by atoms with E-state index in [1.165, 1.54) is 6.92 Å². The maximum atomic E-state index is 12.5. The van der Waals surface area contributed by atoms with Gasteiger partial charge in [0, 0.05) is 30.4 Å². The van der Waals surface area contributed by atoms with Crippen molar-refractivity contribution in [2.24, 2.45) is 0 Å². The van der Waals surface area contributed by atoms with Crippen molar-refractivity contribution in [2.75, 3.05) is 17.2 Å². The van der Waals surface area contributed by atoms with E-state index in [-0.39, 0.29) is 23.9 Å². The molecule has 2 saturated heterocycles. The average Bonchev–Trinajstić information content (AvgIpc) is 3.25. The second-order valence-electron chi connectivity index (χ2n) is 7.78. The number of benzene rings is 1.